The number of sulfonamides is 1. The number of aromatic nitrogens is 2. The molecule has 2 aromatic carbocycles. The van der Waals surface area contributed by atoms with Crippen LogP contribution in [0.25, 0.3) is 5.69 Å². The Kier molecular flexibility index (Phi) is 6.59. The Morgan fingerprint density at radius 2 is 1.82 bits per heavy atom. The number of nitrogens with one attached hydrogen (secondary N) is 2. The van der Waals surface area contributed by atoms with Crippen LogP contribution in [0.3, 0.4) is 0 Å². The number of anilines is 1. The first-order chi connectivity index (χ1) is 15.8. The van der Waals surface area contributed by atoms with Crippen molar-refractivity contribution in [3.63, 3.8) is 0 Å². The van der Waals surface area contributed by atoms with Crippen molar-refractivity contribution in [1.82, 2.24) is 15.2 Å². The van der Waals surface area contributed by atoms with Crippen LogP contribution in [0.1, 0.15) is 21.6 Å². The lowest BCUT2D eigenvalue weighted by molar-refractivity contribution is 0.0955. The number of carbonyl (C=O) groups excluding carboxylic acids is 1. The first kappa shape index (κ1) is 22.7. The molecule has 0 saturated heterocycles. The van der Waals surface area contributed by atoms with E-state index in [4.69, 9.17) is 11.6 Å². The normalized spacial score (nSPS) is 11.6. The number of para-hydroxylation sites is 1. The van der Waals surface area contributed by atoms with Crippen LogP contribution < -0.4 is 10.1 Å². The summed E-state index contributed by atoms with van der Waals surface area (Å²) in [6, 6.07) is 18.6. The summed E-state index contributed by atoms with van der Waals surface area (Å²) in [4.78, 5) is 12.4. The third-order valence-corrected chi connectivity index (χ3v) is 7.71. The second-order valence-corrected chi connectivity index (χ2v) is 10.1. The average molecular weight is 500 g/mol. The molecule has 4 aromatic rings. The topological polar surface area (TPSA) is 105 Å². The van der Waals surface area contributed by atoms with E-state index < -0.39 is 15.9 Å². The Hall–Kier alpha value is -3.47. The number of hydrogen-bond donors (Lipinski definition) is 2. The van der Waals surface area contributed by atoms with E-state index in [0.29, 0.717) is 27.7 Å². The van der Waals surface area contributed by atoms with Gasteiger partial charge in [-0.3, -0.25) is 9.52 Å². The monoisotopic (exact) mass is 499 g/mol. The zero-order valence-corrected chi connectivity index (χ0v) is 19.7. The molecular weight excluding hydrogens is 482 g/mol. The van der Waals surface area contributed by atoms with Crippen LogP contribution in [0, 0.1) is 6.92 Å². The highest BCUT2D eigenvalue weighted by Gasteiger charge is 2.16. The summed E-state index contributed by atoms with van der Waals surface area (Å²) < 4.78 is 28.9. The molecule has 168 valence electrons. The Balaban J connectivity index is 1.42. The third-order valence-electron chi connectivity index (χ3n) is 4.57. The average Bonchev–Trinajstić information content (AvgIpc) is 3.45. The zero-order valence-electron chi connectivity index (χ0n) is 17.3. The van der Waals surface area contributed by atoms with Gasteiger partial charge < -0.3 is 0 Å². The van der Waals surface area contributed by atoms with Crippen LogP contribution in [-0.2, 0) is 10.0 Å². The molecule has 0 atom stereocenters. The largest absolute Gasteiger partial charge is 0.279 e. The summed E-state index contributed by atoms with van der Waals surface area (Å²) in [5, 5.41) is 10.5. The van der Waals surface area contributed by atoms with Crippen LogP contribution in [0.2, 0.25) is 5.15 Å². The molecule has 0 aliphatic heterocycles. The van der Waals surface area contributed by atoms with Gasteiger partial charge in [0.1, 0.15) is 9.36 Å². The van der Waals surface area contributed by atoms with E-state index in [2.05, 4.69) is 20.3 Å². The lowest BCUT2D eigenvalue weighted by Gasteiger charge is -2.07. The summed E-state index contributed by atoms with van der Waals surface area (Å²) in [6.07, 6.45) is 1.44. The van der Waals surface area contributed by atoms with Crippen LogP contribution in [-0.4, -0.2) is 30.3 Å². The first-order valence-electron chi connectivity index (χ1n) is 9.65. The summed E-state index contributed by atoms with van der Waals surface area (Å²) in [5.74, 6) is -0.455. The Labute approximate surface area is 199 Å². The molecule has 0 spiro atoms. The number of hydrazone groups is 1. The highest BCUT2D eigenvalue weighted by Crippen LogP contribution is 2.22. The molecule has 0 aliphatic rings. The van der Waals surface area contributed by atoms with E-state index in [1.165, 1.54) is 36.5 Å². The summed E-state index contributed by atoms with van der Waals surface area (Å²) in [5.41, 5.74) is 5.15. The molecule has 11 heteroatoms. The maximum absolute atomic E-state index is 12.4. The van der Waals surface area contributed by atoms with Gasteiger partial charge in [0.2, 0.25) is 0 Å². The molecule has 0 saturated carbocycles. The van der Waals surface area contributed by atoms with E-state index in [1.807, 2.05) is 30.3 Å². The van der Waals surface area contributed by atoms with Crippen molar-refractivity contribution in [2.75, 3.05) is 4.72 Å². The molecule has 0 unspecified atom stereocenters. The van der Waals surface area contributed by atoms with Crippen LogP contribution in [0.4, 0.5) is 5.69 Å². The van der Waals surface area contributed by atoms with Crippen LogP contribution in [0.15, 0.2) is 81.4 Å². The van der Waals surface area contributed by atoms with Gasteiger partial charge in [-0.1, -0.05) is 35.9 Å². The number of amides is 1. The van der Waals surface area contributed by atoms with Gasteiger partial charge in [0.05, 0.1) is 23.2 Å². The third kappa shape index (κ3) is 5.14. The smallest absolute Gasteiger partial charge is 0.271 e. The minimum absolute atomic E-state index is 0.211. The van der Waals surface area contributed by atoms with Gasteiger partial charge in [-0.15, -0.1) is 11.3 Å². The summed E-state index contributed by atoms with van der Waals surface area (Å²) >= 11 is 7.57. The molecule has 0 bridgehead atoms. The fourth-order valence-electron chi connectivity index (χ4n) is 2.93. The number of hydrogen-bond acceptors (Lipinski definition) is 6. The fraction of sp³-hybridized carbons (Fsp3) is 0.0455. The predicted molar refractivity (Wildman–Crippen MR) is 130 cm³/mol. The van der Waals surface area contributed by atoms with Gasteiger partial charge in [0.15, 0.2) is 0 Å². The SMILES string of the molecule is Cc1nn(-c2ccccc2)c(Cl)c1/C=N/NC(=O)c1ccc(NS(=O)(=O)c2cccs2)cc1. The lowest BCUT2D eigenvalue weighted by atomic mass is 10.2. The first-order valence-corrected chi connectivity index (χ1v) is 12.4. The molecule has 8 nitrogen and oxygen atoms in total. The van der Waals surface area contributed by atoms with Gasteiger partial charge >= 0.3 is 0 Å². The van der Waals surface area contributed by atoms with Crippen molar-refractivity contribution in [2.24, 2.45) is 5.10 Å². The minimum Gasteiger partial charge on any atom is -0.279 e. The quantitative estimate of drug-likeness (QED) is 0.289. The second kappa shape index (κ2) is 9.57. The molecule has 0 radical (unpaired) electrons. The molecule has 2 heterocycles. The second-order valence-electron chi connectivity index (χ2n) is 6.85. The van der Waals surface area contributed by atoms with Crippen LogP contribution >= 0.6 is 22.9 Å². The molecule has 2 N–H and O–H groups in total. The van der Waals surface area contributed by atoms with Crippen molar-refractivity contribution >= 4 is 50.8 Å². The van der Waals surface area contributed by atoms with Gasteiger partial charge in [-0.2, -0.15) is 10.2 Å². The van der Waals surface area contributed by atoms with Crippen molar-refractivity contribution in [3.05, 3.63) is 94.1 Å². The number of rotatable bonds is 7. The highest BCUT2D eigenvalue weighted by atomic mass is 35.5. The highest BCUT2D eigenvalue weighted by molar-refractivity contribution is 7.94. The lowest BCUT2D eigenvalue weighted by Crippen LogP contribution is -2.18. The standard InChI is InChI=1S/C22H18ClN5O3S2/c1-15-19(21(23)28(26-15)18-6-3-2-4-7-18)14-24-25-22(29)16-9-11-17(12-10-16)27-33(30,31)20-8-5-13-32-20/h2-14,27H,1H3,(H,25,29)/b24-14+. The Morgan fingerprint density at radius 1 is 1.09 bits per heavy atom. The molecule has 33 heavy (non-hydrogen) atoms. The minimum atomic E-state index is -3.65. The van der Waals surface area contributed by atoms with Crippen molar-refractivity contribution in [3.8, 4) is 5.69 Å². The maximum Gasteiger partial charge on any atom is 0.271 e. The summed E-state index contributed by atoms with van der Waals surface area (Å²) in [6.45, 7) is 1.80. The van der Waals surface area contributed by atoms with Gasteiger partial charge in [-0.25, -0.2) is 18.5 Å². The molecule has 4 rings (SSSR count). The van der Waals surface area contributed by atoms with E-state index in [-0.39, 0.29) is 4.21 Å². The molecular formula is C22H18ClN5O3S2. The van der Waals surface area contributed by atoms with Crippen molar-refractivity contribution in [2.45, 2.75) is 11.1 Å². The van der Waals surface area contributed by atoms with Crippen LogP contribution in [0.5, 0.6) is 0 Å². The molecule has 0 aliphatic carbocycles. The Morgan fingerprint density at radius 3 is 2.48 bits per heavy atom. The fourth-order valence-corrected chi connectivity index (χ4v) is 5.30. The van der Waals surface area contributed by atoms with Crippen molar-refractivity contribution in [1.29, 1.82) is 0 Å². The number of thiophene rings is 1. The van der Waals surface area contributed by atoms with Gasteiger partial charge in [0.25, 0.3) is 15.9 Å². The van der Waals surface area contributed by atoms with E-state index in [9.17, 15) is 13.2 Å². The van der Waals surface area contributed by atoms with E-state index >= 15 is 0 Å². The predicted octanol–water partition coefficient (Wildman–Crippen LogP) is 4.46. The molecule has 0 fully saturated rings. The number of carbonyl (C=O) groups is 1. The number of halogens is 1. The number of aryl methyl sites for hydroxylation is 1. The van der Waals surface area contributed by atoms with E-state index in [1.54, 1.807) is 23.1 Å². The Bertz CT molecular complexity index is 1400. The van der Waals surface area contributed by atoms with Gasteiger partial charge in [-0.05, 0) is 54.8 Å². The molecule has 1 amide bonds. The maximum atomic E-state index is 12.4. The molecule has 2 aromatic heterocycles. The number of nitrogens with zero attached hydrogens (tertiary/aromatic N) is 3. The van der Waals surface area contributed by atoms with Crippen molar-refractivity contribution < 1.29 is 13.2 Å². The van der Waals surface area contributed by atoms with Gasteiger partial charge in [0, 0.05) is 11.3 Å². The number of benzene rings is 2. The van der Waals surface area contributed by atoms with E-state index in [0.717, 1.165) is 17.0 Å². The summed E-state index contributed by atoms with van der Waals surface area (Å²) in [7, 11) is -3.65. The zero-order chi connectivity index (χ0) is 23.4.